The molecule has 0 aromatic carbocycles. The van der Waals surface area contributed by atoms with Crippen molar-refractivity contribution in [2.75, 3.05) is 11.5 Å². The summed E-state index contributed by atoms with van der Waals surface area (Å²) in [4.78, 5) is 0. The second kappa shape index (κ2) is 2.96. The first-order valence-electron chi connectivity index (χ1n) is 2.56. The highest BCUT2D eigenvalue weighted by Gasteiger charge is 2.17. The van der Waals surface area contributed by atoms with Crippen LogP contribution in [0.25, 0.3) is 0 Å². The van der Waals surface area contributed by atoms with Crippen molar-refractivity contribution < 1.29 is 0 Å². The fraction of sp³-hybridized carbons (Fsp3) is 1.00. The quantitative estimate of drug-likeness (QED) is 0.479. The smallest absolute Gasteiger partial charge is 0.0301 e. The molecule has 4 N–H and O–H groups in total. The van der Waals surface area contributed by atoms with Gasteiger partial charge in [-0.1, -0.05) is 21.6 Å². The molecule has 0 aliphatic carbocycles. The van der Waals surface area contributed by atoms with E-state index in [1.165, 1.54) is 0 Å². The molecule has 2 atom stereocenters. The Morgan fingerprint density at radius 1 is 1.00 bits per heavy atom. The number of nitrogens with two attached hydrogens (primary N) is 2. The third-order valence-electron chi connectivity index (χ3n) is 1.15. The average molecular weight is 150 g/mol. The highest BCUT2D eigenvalue weighted by Crippen LogP contribution is 2.27. The van der Waals surface area contributed by atoms with Crippen LogP contribution in [0.4, 0.5) is 0 Å². The fourth-order valence-electron chi connectivity index (χ4n) is 0.501. The lowest BCUT2D eigenvalue weighted by Gasteiger charge is -2.23. The van der Waals surface area contributed by atoms with Crippen LogP contribution >= 0.6 is 21.6 Å². The molecule has 0 spiro atoms. The maximum atomic E-state index is 5.62. The second-order valence-electron chi connectivity index (χ2n) is 1.90. The normalized spacial score (nSPS) is 39.8. The van der Waals surface area contributed by atoms with E-state index in [1.807, 2.05) is 21.6 Å². The third kappa shape index (κ3) is 1.55. The summed E-state index contributed by atoms with van der Waals surface area (Å²) in [6, 6.07) is 0.447. The van der Waals surface area contributed by atoms with Gasteiger partial charge in [0.1, 0.15) is 0 Å². The molecule has 1 rings (SSSR count). The van der Waals surface area contributed by atoms with E-state index < -0.39 is 0 Å². The minimum atomic E-state index is 0.223. The van der Waals surface area contributed by atoms with Gasteiger partial charge in [0.2, 0.25) is 0 Å². The van der Waals surface area contributed by atoms with Gasteiger partial charge in [0.15, 0.2) is 0 Å². The zero-order chi connectivity index (χ0) is 5.98. The Labute approximate surface area is 57.2 Å². The van der Waals surface area contributed by atoms with Crippen LogP contribution in [0.2, 0.25) is 0 Å². The summed E-state index contributed by atoms with van der Waals surface area (Å²) in [5, 5.41) is 0. The Balaban J connectivity index is 2.28. The van der Waals surface area contributed by atoms with E-state index in [0.29, 0.717) is 0 Å². The molecule has 1 heterocycles. The van der Waals surface area contributed by atoms with E-state index in [2.05, 4.69) is 0 Å². The van der Waals surface area contributed by atoms with Crippen LogP contribution in [-0.2, 0) is 0 Å². The first-order chi connectivity index (χ1) is 3.80. The van der Waals surface area contributed by atoms with Gasteiger partial charge in [-0.3, -0.25) is 0 Å². The zero-order valence-corrected chi connectivity index (χ0v) is 6.17. The van der Waals surface area contributed by atoms with E-state index in [9.17, 15) is 0 Å². The molecule has 0 bridgehead atoms. The summed E-state index contributed by atoms with van der Waals surface area (Å²) >= 11 is 0. The number of hydrogen-bond acceptors (Lipinski definition) is 4. The topological polar surface area (TPSA) is 52.0 Å². The average Bonchev–Trinajstić information content (AvgIpc) is 1.77. The summed E-state index contributed by atoms with van der Waals surface area (Å²) < 4.78 is 0. The van der Waals surface area contributed by atoms with Crippen molar-refractivity contribution in [3.63, 3.8) is 0 Å². The molecule has 48 valence electrons. The van der Waals surface area contributed by atoms with Crippen LogP contribution in [0.1, 0.15) is 0 Å². The highest BCUT2D eigenvalue weighted by molar-refractivity contribution is 8.76. The minimum Gasteiger partial charge on any atom is -0.326 e. The van der Waals surface area contributed by atoms with Gasteiger partial charge in [-0.05, 0) is 0 Å². The number of rotatable bonds is 0. The van der Waals surface area contributed by atoms with Gasteiger partial charge in [0, 0.05) is 23.6 Å². The molecular formula is C4H10N2S2. The predicted molar refractivity (Wildman–Crippen MR) is 40.9 cm³/mol. The lowest BCUT2D eigenvalue weighted by Crippen LogP contribution is -2.46. The van der Waals surface area contributed by atoms with Crippen molar-refractivity contribution in [2.45, 2.75) is 12.1 Å². The lowest BCUT2D eigenvalue weighted by atomic mass is 10.2. The minimum absolute atomic E-state index is 0.223. The SMILES string of the molecule is NC1CSSCC1N. The van der Waals surface area contributed by atoms with E-state index in [1.54, 1.807) is 0 Å². The molecule has 2 unspecified atom stereocenters. The van der Waals surface area contributed by atoms with Gasteiger partial charge in [-0.2, -0.15) is 0 Å². The van der Waals surface area contributed by atoms with Gasteiger partial charge in [-0.25, -0.2) is 0 Å². The fourth-order valence-corrected chi connectivity index (χ4v) is 3.02. The van der Waals surface area contributed by atoms with Gasteiger partial charge < -0.3 is 11.5 Å². The van der Waals surface area contributed by atoms with Crippen molar-refractivity contribution in [3.8, 4) is 0 Å². The molecule has 4 heteroatoms. The number of hydrogen-bond donors (Lipinski definition) is 2. The summed E-state index contributed by atoms with van der Waals surface area (Å²) in [5.41, 5.74) is 11.2. The first-order valence-corrected chi connectivity index (χ1v) is 5.05. The van der Waals surface area contributed by atoms with E-state index in [-0.39, 0.29) is 12.1 Å². The molecule has 1 aliphatic heterocycles. The van der Waals surface area contributed by atoms with Crippen LogP contribution < -0.4 is 11.5 Å². The van der Waals surface area contributed by atoms with Crippen LogP contribution in [0, 0.1) is 0 Å². The van der Waals surface area contributed by atoms with Gasteiger partial charge in [0.25, 0.3) is 0 Å². The molecule has 0 aromatic rings. The van der Waals surface area contributed by atoms with Crippen molar-refractivity contribution in [2.24, 2.45) is 11.5 Å². The van der Waals surface area contributed by atoms with Gasteiger partial charge in [0.05, 0.1) is 0 Å². The summed E-state index contributed by atoms with van der Waals surface area (Å²) in [5.74, 6) is 2.01. The van der Waals surface area contributed by atoms with Crippen molar-refractivity contribution >= 4 is 21.6 Å². The van der Waals surface area contributed by atoms with Crippen LogP contribution in [0.3, 0.4) is 0 Å². The monoisotopic (exact) mass is 150 g/mol. The molecule has 0 amide bonds. The second-order valence-corrected chi connectivity index (χ2v) is 4.45. The molecule has 8 heavy (non-hydrogen) atoms. The molecule has 0 saturated carbocycles. The molecule has 0 aromatic heterocycles. The molecule has 1 aliphatic rings. The maximum Gasteiger partial charge on any atom is 0.0301 e. The molecule has 2 nitrogen and oxygen atoms in total. The molecule has 0 radical (unpaired) electrons. The van der Waals surface area contributed by atoms with Crippen molar-refractivity contribution in [1.82, 2.24) is 0 Å². The Kier molecular flexibility index (Phi) is 2.49. The zero-order valence-electron chi connectivity index (χ0n) is 4.54. The third-order valence-corrected chi connectivity index (χ3v) is 3.68. The van der Waals surface area contributed by atoms with E-state index >= 15 is 0 Å². The predicted octanol–water partition coefficient (Wildman–Crippen LogP) is 0.0360. The van der Waals surface area contributed by atoms with Gasteiger partial charge in [-0.15, -0.1) is 0 Å². The van der Waals surface area contributed by atoms with Gasteiger partial charge >= 0.3 is 0 Å². The summed E-state index contributed by atoms with van der Waals surface area (Å²) in [6.07, 6.45) is 0. The van der Waals surface area contributed by atoms with Crippen molar-refractivity contribution in [1.29, 1.82) is 0 Å². The van der Waals surface area contributed by atoms with E-state index in [4.69, 9.17) is 11.5 Å². The standard InChI is InChI=1S/C4H10N2S2/c5-3-1-7-8-2-4(3)6/h3-4H,1-2,5-6H2. The molecule has 1 saturated heterocycles. The summed E-state index contributed by atoms with van der Waals surface area (Å²) in [7, 11) is 3.64. The van der Waals surface area contributed by atoms with Crippen molar-refractivity contribution in [3.05, 3.63) is 0 Å². The van der Waals surface area contributed by atoms with E-state index in [0.717, 1.165) is 11.5 Å². The lowest BCUT2D eigenvalue weighted by molar-refractivity contribution is 0.617. The molecular weight excluding hydrogens is 140 g/mol. The highest BCUT2D eigenvalue weighted by atomic mass is 33.1. The van der Waals surface area contributed by atoms with Crippen LogP contribution in [0.5, 0.6) is 0 Å². The molecule has 1 fully saturated rings. The van der Waals surface area contributed by atoms with Crippen LogP contribution in [-0.4, -0.2) is 23.6 Å². The Morgan fingerprint density at radius 2 is 1.38 bits per heavy atom. The first kappa shape index (κ1) is 6.74. The Bertz CT molecular complexity index is 68.4. The largest absolute Gasteiger partial charge is 0.326 e. The van der Waals surface area contributed by atoms with Crippen LogP contribution in [0.15, 0.2) is 0 Å². The Hall–Kier alpha value is 0.620. The Morgan fingerprint density at radius 3 is 1.62 bits per heavy atom. The maximum absolute atomic E-state index is 5.62. The summed E-state index contributed by atoms with van der Waals surface area (Å²) in [6.45, 7) is 0.